The lowest BCUT2D eigenvalue weighted by atomic mass is 10.1. The van der Waals surface area contributed by atoms with Gasteiger partial charge in [0.1, 0.15) is 5.69 Å². The minimum atomic E-state index is -4.92. The van der Waals surface area contributed by atoms with Crippen LogP contribution in [0.1, 0.15) is 38.5 Å². The molecule has 3 rings (SSSR count). The summed E-state index contributed by atoms with van der Waals surface area (Å²) < 4.78 is 42.7. The van der Waals surface area contributed by atoms with E-state index >= 15 is 0 Å². The van der Waals surface area contributed by atoms with Crippen molar-refractivity contribution in [2.75, 3.05) is 36.5 Å². The van der Waals surface area contributed by atoms with Crippen LogP contribution in [-0.4, -0.2) is 42.5 Å². The molecule has 0 bridgehead atoms. The molecule has 0 aliphatic carbocycles. The monoisotopic (exact) mass is 388 g/mol. The van der Waals surface area contributed by atoms with Crippen molar-refractivity contribution in [1.29, 1.82) is 0 Å². The molecule has 1 aromatic carbocycles. The highest BCUT2D eigenvalue weighted by molar-refractivity contribution is 5.75. The lowest BCUT2D eigenvalue weighted by Gasteiger charge is -2.32. The first-order valence-electron chi connectivity index (χ1n) is 9.18. The quantitative estimate of drug-likeness (QED) is 0.599. The summed E-state index contributed by atoms with van der Waals surface area (Å²) in [5.41, 5.74) is 3.02. The van der Waals surface area contributed by atoms with E-state index in [2.05, 4.69) is 10.2 Å². The Morgan fingerprint density at radius 3 is 2.15 bits per heavy atom. The fraction of sp³-hybridized carbons (Fsp3) is 0.647. The predicted molar refractivity (Wildman–Crippen MR) is 94.9 cm³/mol. The highest BCUT2D eigenvalue weighted by Crippen LogP contribution is 2.41. The van der Waals surface area contributed by atoms with E-state index in [0.29, 0.717) is 13.1 Å². The predicted octanol–water partition coefficient (Wildman–Crippen LogP) is 4.30. The molecule has 0 spiro atoms. The van der Waals surface area contributed by atoms with Gasteiger partial charge in [-0.15, -0.1) is 13.2 Å². The molecule has 0 aromatic heterocycles. The number of hydrazine groups is 1. The molecule has 0 amide bonds. The second kappa shape index (κ2) is 8.20. The number of nitrogens with one attached hydrogen (secondary N) is 1. The largest absolute Gasteiger partial charge is 0.573 e. The molecule has 27 heavy (non-hydrogen) atoms. The van der Waals surface area contributed by atoms with Gasteiger partial charge in [-0.25, -0.2) is 5.01 Å². The summed E-state index contributed by atoms with van der Waals surface area (Å²) in [5, 5.41) is 13.3. The van der Waals surface area contributed by atoms with Crippen LogP contribution in [0.15, 0.2) is 12.1 Å². The van der Waals surface area contributed by atoms with Gasteiger partial charge in [0, 0.05) is 26.2 Å². The van der Waals surface area contributed by atoms with Crippen LogP contribution in [0, 0.1) is 10.1 Å². The summed E-state index contributed by atoms with van der Waals surface area (Å²) in [6.07, 6.45) is 0.842. The molecule has 2 saturated heterocycles. The van der Waals surface area contributed by atoms with Crippen molar-refractivity contribution in [2.45, 2.75) is 44.9 Å². The Bertz CT molecular complexity index is 672. The van der Waals surface area contributed by atoms with Crippen LogP contribution in [0.25, 0.3) is 0 Å². The molecule has 150 valence electrons. The number of hydrogen-bond acceptors (Lipinski definition) is 6. The number of rotatable bonds is 5. The molecular weight excluding hydrogens is 365 g/mol. The molecule has 7 nitrogen and oxygen atoms in total. The number of hydrogen-bond donors (Lipinski definition) is 1. The Morgan fingerprint density at radius 1 is 1.00 bits per heavy atom. The van der Waals surface area contributed by atoms with E-state index in [0.717, 1.165) is 57.7 Å². The fourth-order valence-corrected chi connectivity index (χ4v) is 3.56. The Morgan fingerprint density at radius 2 is 1.59 bits per heavy atom. The van der Waals surface area contributed by atoms with E-state index in [1.54, 1.807) is 4.90 Å². The summed E-state index contributed by atoms with van der Waals surface area (Å²) in [4.78, 5) is 12.6. The normalized spacial score (nSPS) is 19.0. The molecule has 0 unspecified atom stereocenters. The SMILES string of the molecule is O=[N+]([O-])c1cc(OC(F)(F)F)c(N2CCCCC2)cc1NN1CCCCC1. The molecule has 0 radical (unpaired) electrons. The number of nitrogens with zero attached hydrogens (tertiary/aromatic N) is 3. The van der Waals surface area contributed by atoms with Gasteiger partial charge in [-0.2, -0.15) is 0 Å². The van der Waals surface area contributed by atoms with Crippen molar-refractivity contribution in [2.24, 2.45) is 0 Å². The van der Waals surface area contributed by atoms with E-state index in [-0.39, 0.29) is 11.4 Å². The maximum absolute atomic E-state index is 12.9. The maximum atomic E-state index is 12.9. The first kappa shape index (κ1) is 19.5. The molecular formula is C17H23F3N4O3. The van der Waals surface area contributed by atoms with E-state index in [1.165, 1.54) is 6.07 Å². The number of ether oxygens (including phenoxy) is 1. The van der Waals surface area contributed by atoms with Crippen LogP contribution >= 0.6 is 0 Å². The Balaban J connectivity index is 1.98. The van der Waals surface area contributed by atoms with Gasteiger partial charge in [-0.1, -0.05) is 6.42 Å². The first-order valence-corrected chi connectivity index (χ1v) is 9.18. The number of anilines is 2. The second-order valence-corrected chi connectivity index (χ2v) is 6.85. The lowest BCUT2D eigenvalue weighted by molar-refractivity contribution is -0.384. The van der Waals surface area contributed by atoms with E-state index < -0.39 is 22.7 Å². The number of halogens is 3. The van der Waals surface area contributed by atoms with Gasteiger partial charge in [-0.05, 0) is 38.2 Å². The van der Waals surface area contributed by atoms with Crippen molar-refractivity contribution in [3.05, 3.63) is 22.2 Å². The van der Waals surface area contributed by atoms with Crippen molar-refractivity contribution < 1.29 is 22.8 Å². The van der Waals surface area contributed by atoms with Crippen molar-refractivity contribution in [3.8, 4) is 5.75 Å². The molecule has 0 saturated carbocycles. The number of nitro groups is 1. The lowest BCUT2D eigenvalue weighted by Crippen LogP contribution is -2.35. The minimum Gasteiger partial charge on any atom is -0.403 e. The Hall–Kier alpha value is -2.23. The van der Waals surface area contributed by atoms with Crippen LogP contribution in [0.5, 0.6) is 5.75 Å². The summed E-state index contributed by atoms with van der Waals surface area (Å²) >= 11 is 0. The average molecular weight is 388 g/mol. The topological polar surface area (TPSA) is 70.9 Å². The van der Waals surface area contributed by atoms with Gasteiger partial charge in [0.2, 0.25) is 0 Å². The summed E-state index contributed by atoms with van der Waals surface area (Å²) in [6.45, 7) is 2.65. The molecule has 0 atom stereocenters. The Kier molecular flexibility index (Phi) is 5.93. The molecule has 1 aromatic rings. The van der Waals surface area contributed by atoms with E-state index in [1.807, 2.05) is 5.01 Å². The molecule has 2 heterocycles. The van der Waals surface area contributed by atoms with Crippen LogP contribution in [-0.2, 0) is 0 Å². The van der Waals surface area contributed by atoms with Gasteiger partial charge >= 0.3 is 6.36 Å². The third kappa shape index (κ3) is 5.15. The van der Waals surface area contributed by atoms with Gasteiger partial charge in [-0.3, -0.25) is 10.1 Å². The number of piperidine rings is 2. The van der Waals surface area contributed by atoms with Gasteiger partial charge in [0.15, 0.2) is 5.75 Å². The number of nitro benzene ring substituents is 1. The van der Waals surface area contributed by atoms with E-state index in [9.17, 15) is 23.3 Å². The highest BCUT2D eigenvalue weighted by Gasteiger charge is 2.35. The Labute approximate surface area is 155 Å². The standard InChI is InChI=1S/C17H23F3N4O3/c18-17(19,20)27-16-12-14(24(25)26)13(21-23-9-5-2-6-10-23)11-15(16)22-7-3-1-4-8-22/h11-12,21H,1-10H2. The summed E-state index contributed by atoms with van der Waals surface area (Å²) in [6, 6.07) is 2.29. The number of alkyl halides is 3. The molecule has 1 N–H and O–H groups in total. The smallest absolute Gasteiger partial charge is 0.403 e. The van der Waals surface area contributed by atoms with Gasteiger partial charge in [0.05, 0.1) is 16.7 Å². The third-order valence-electron chi connectivity index (χ3n) is 4.83. The van der Waals surface area contributed by atoms with E-state index in [4.69, 9.17) is 0 Å². The molecule has 2 aliphatic heterocycles. The molecule has 10 heteroatoms. The zero-order valence-corrected chi connectivity index (χ0v) is 14.9. The van der Waals surface area contributed by atoms with Gasteiger partial charge in [0.25, 0.3) is 5.69 Å². The van der Waals surface area contributed by atoms with Crippen molar-refractivity contribution in [3.63, 3.8) is 0 Å². The second-order valence-electron chi connectivity index (χ2n) is 6.85. The minimum absolute atomic E-state index is 0.192. The van der Waals surface area contributed by atoms with Crippen LogP contribution in [0.4, 0.5) is 30.2 Å². The maximum Gasteiger partial charge on any atom is 0.573 e. The zero-order valence-electron chi connectivity index (χ0n) is 14.9. The zero-order chi connectivity index (χ0) is 19.4. The first-order chi connectivity index (χ1) is 12.8. The molecule has 2 fully saturated rings. The van der Waals surface area contributed by atoms with Crippen LogP contribution in [0.2, 0.25) is 0 Å². The van der Waals surface area contributed by atoms with Gasteiger partial charge < -0.3 is 15.1 Å². The van der Waals surface area contributed by atoms with Crippen molar-refractivity contribution >= 4 is 17.1 Å². The highest BCUT2D eigenvalue weighted by atomic mass is 19.4. The van der Waals surface area contributed by atoms with Crippen LogP contribution in [0.3, 0.4) is 0 Å². The average Bonchev–Trinajstić information content (AvgIpc) is 2.63. The number of benzene rings is 1. The summed E-state index contributed by atoms with van der Waals surface area (Å²) in [7, 11) is 0. The fourth-order valence-electron chi connectivity index (χ4n) is 3.56. The van der Waals surface area contributed by atoms with Crippen LogP contribution < -0.4 is 15.1 Å². The molecule has 2 aliphatic rings. The summed E-state index contributed by atoms with van der Waals surface area (Å²) in [5.74, 6) is -0.528. The third-order valence-corrected chi connectivity index (χ3v) is 4.83. The van der Waals surface area contributed by atoms with Crippen molar-refractivity contribution in [1.82, 2.24) is 5.01 Å².